The first-order valence-corrected chi connectivity index (χ1v) is 7.40. The minimum Gasteiger partial charge on any atom is -0.317 e. The molecule has 0 aliphatic carbocycles. The summed E-state index contributed by atoms with van der Waals surface area (Å²) in [6.07, 6.45) is 5.06. The molecule has 1 rings (SSSR count). The van der Waals surface area contributed by atoms with Crippen LogP contribution in [0.3, 0.4) is 0 Å². The normalized spacial score (nSPS) is 12.7. The third kappa shape index (κ3) is 5.68. The summed E-state index contributed by atoms with van der Waals surface area (Å²) >= 11 is 0. The molecule has 1 nitrogen and oxygen atoms in total. The van der Waals surface area contributed by atoms with Crippen molar-refractivity contribution >= 4 is 0 Å². The van der Waals surface area contributed by atoms with E-state index in [4.69, 9.17) is 0 Å². The lowest BCUT2D eigenvalue weighted by atomic mass is 9.95. The molecule has 0 fully saturated rings. The second kappa shape index (κ2) is 8.31. The van der Waals surface area contributed by atoms with Gasteiger partial charge in [-0.3, -0.25) is 0 Å². The molecule has 0 aliphatic rings. The zero-order valence-corrected chi connectivity index (χ0v) is 12.6. The summed E-state index contributed by atoms with van der Waals surface area (Å²) in [5.74, 6) is 0.814. The first-order chi connectivity index (χ1) is 8.63. The minimum absolute atomic E-state index is 0.814. The van der Waals surface area contributed by atoms with Crippen molar-refractivity contribution in [1.82, 2.24) is 5.32 Å². The number of rotatable bonds is 8. The predicted molar refractivity (Wildman–Crippen MR) is 81.2 cm³/mol. The summed E-state index contributed by atoms with van der Waals surface area (Å²) in [4.78, 5) is 0. The van der Waals surface area contributed by atoms with Crippen molar-refractivity contribution in [2.75, 3.05) is 13.1 Å². The van der Waals surface area contributed by atoms with E-state index < -0.39 is 0 Å². The van der Waals surface area contributed by atoms with Crippen LogP contribution in [0.15, 0.2) is 18.2 Å². The Morgan fingerprint density at radius 3 is 2.61 bits per heavy atom. The summed E-state index contributed by atoms with van der Waals surface area (Å²) in [5.41, 5.74) is 4.35. The van der Waals surface area contributed by atoms with Gasteiger partial charge in [0.1, 0.15) is 0 Å². The molecule has 1 heteroatoms. The first-order valence-electron chi connectivity index (χ1n) is 7.40. The van der Waals surface area contributed by atoms with Crippen LogP contribution < -0.4 is 5.32 Å². The lowest BCUT2D eigenvalue weighted by Gasteiger charge is -2.13. The van der Waals surface area contributed by atoms with Crippen LogP contribution in [0, 0.1) is 19.8 Å². The molecule has 0 bridgehead atoms. The van der Waals surface area contributed by atoms with Crippen molar-refractivity contribution in [3.8, 4) is 0 Å². The highest BCUT2D eigenvalue weighted by Gasteiger charge is 2.04. The smallest absolute Gasteiger partial charge is 0.00464 e. The maximum absolute atomic E-state index is 3.48. The van der Waals surface area contributed by atoms with Gasteiger partial charge in [0.05, 0.1) is 0 Å². The second-order valence-electron chi connectivity index (χ2n) is 5.61. The minimum atomic E-state index is 0.814. The van der Waals surface area contributed by atoms with Crippen molar-refractivity contribution in [1.29, 1.82) is 0 Å². The number of nitrogens with one attached hydrogen (secondary N) is 1. The molecule has 0 heterocycles. The molecular weight excluding hydrogens is 218 g/mol. The van der Waals surface area contributed by atoms with Crippen LogP contribution in [0.5, 0.6) is 0 Å². The molecule has 1 atom stereocenters. The molecule has 0 saturated heterocycles. The maximum Gasteiger partial charge on any atom is -0.00464 e. The molecule has 0 saturated carbocycles. The van der Waals surface area contributed by atoms with Gasteiger partial charge >= 0.3 is 0 Å². The standard InChI is InChI=1S/C17H29N/c1-5-11-18-12-10-14(2)7-9-17-13-15(3)6-8-16(17)4/h6,8,13-14,18H,5,7,9-12H2,1-4H3. The van der Waals surface area contributed by atoms with E-state index in [1.807, 2.05) is 0 Å². The van der Waals surface area contributed by atoms with Gasteiger partial charge in [0.2, 0.25) is 0 Å². The van der Waals surface area contributed by atoms with Crippen LogP contribution in [-0.4, -0.2) is 13.1 Å². The molecule has 0 spiro atoms. The van der Waals surface area contributed by atoms with Gasteiger partial charge in [-0.2, -0.15) is 0 Å². The number of hydrogen-bond acceptors (Lipinski definition) is 1. The summed E-state index contributed by atoms with van der Waals surface area (Å²) < 4.78 is 0. The lowest BCUT2D eigenvalue weighted by Crippen LogP contribution is -2.18. The SMILES string of the molecule is CCCNCCC(C)CCc1cc(C)ccc1C. The number of aryl methyl sites for hydroxylation is 3. The largest absolute Gasteiger partial charge is 0.317 e. The topological polar surface area (TPSA) is 12.0 Å². The first kappa shape index (κ1) is 15.2. The highest BCUT2D eigenvalue weighted by molar-refractivity contribution is 5.30. The fraction of sp³-hybridized carbons (Fsp3) is 0.647. The molecule has 102 valence electrons. The monoisotopic (exact) mass is 247 g/mol. The van der Waals surface area contributed by atoms with Crippen LogP contribution in [0.1, 0.15) is 49.8 Å². The highest BCUT2D eigenvalue weighted by Crippen LogP contribution is 2.16. The number of hydrogen-bond donors (Lipinski definition) is 1. The van der Waals surface area contributed by atoms with E-state index in [0.29, 0.717) is 0 Å². The van der Waals surface area contributed by atoms with Gasteiger partial charge in [-0.1, -0.05) is 37.6 Å². The Labute approximate surface area is 113 Å². The fourth-order valence-electron chi connectivity index (χ4n) is 2.27. The summed E-state index contributed by atoms with van der Waals surface area (Å²) in [6.45, 7) is 11.3. The molecule has 1 aromatic carbocycles. The van der Waals surface area contributed by atoms with Crippen LogP contribution in [-0.2, 0) is 6.42 Å². The van der Waals surface area contributed by atoms with Gasteiger partial charge in [0.25, 0.3) is 0 Å². The third-order valence-corrected chi connectivity index (χ3v) is 3.65. The summed E-state index contributed by atoms with van der Waals surface area (Å²) in [6, 6.07) is 6.80. The van der Waals surface area contributed by atoms with E-state index in [1.54, 1.807) is 0 Å². The molecule has 0 aromatic heterocycles. The van der Waals surface area contributed by atoms with Gasteiger partial charge in [-0.05, 0) is 69.7 Å². The lowest BCUT2D eigenvalue weighted by molar-refractivity contribution is 0.470. The molecule has 1 aromatic rings. The van der Waals surface area contributed by atoms with Crippen LogP contribution in [0.25, 0.3) is 0 Å². The average Bonchev–Trinajstić information content (AvgIpc) is 2.36. The van der Waals surface area contributed by atoms with Gasteiger partial charge < -0.3 is 5.32 Å². The predicted octanol–water partition coefficient (Wildman–Crippen LogP) is 4.26. The Bertz CT molecular complexity index is 343. The van der Waals surface area contributed by atoms with Crippen LogP contribution >= 0.6 is 0 Å². The third-order valence-electron chi connectivity index (χ3n) is 3.65. The highest BCUT2D eigenvalue weighted by atomic mass is 14.8. The zero-order valence-electron chi connectivity index (χ0n) is 12.6. The van der Waals surface area contributed by atoms with Gasteiger partial charge in [0, 0.05) is 0 Å². The Morgan fingerprint density at radius 1 is 1.11 bits per heavy atom. The molecule has 0 radical (unpaired) electrons. The van der Waals surface area contributed by atoms with Crippen molar-refractivity contribution in [2.24, 2.45) is 5.92 Å². The van der Waals surface area contributed by atoms with Gasteiger partial charge in [0.15, 0.2) is 0 Å². The van der Waals surface area contributed by atoms with E-state index >= 15 is 0 Å². The maximum atomic E-state index is 3.48. The van der Waals surface area contributed by atoms with Crippen LogP contribution in [0.2, 0.25) is 0 Å². The molecule has 0 aliphatic heterocycles. The van der Waals surface area contributed by atoms with E-state index in [1.165, 1.54) is 48.9 Å². The molecule has 18 heavy (non-hydrogen) atoms. The fourth-order valence-corrected chi connectivity index (χ4v) is 2.27. The molecule has 1 N–H and O–H groups in total. The van der Waals surface area contributed by atoms with Crippen molar-refractivity contribution in [3.63, 3.8) is 0 Å². The quantitative estimate of drug-likeness (QED) is 0.677. The Kier molecular flexibility index (Phi) is 7.04. The van der Waals surface area contributed by atoms with Crippen LogP contribution in [0.4, 0.5) is 0 Å². The van der Waals surface area contributed by atoms with Gasteiger partial charge in [-0.15, -0.1) is 0 Å². The number of benzene rings is 1. The Hall–Kier alpha value is -0.820. The molecular formula is C17H29N. The molecule has 0 amide bonds. The summed E-state index contributed by atoms with van der Waals surface area (Å²) in [5, 5.41) is 3.48. The summed E-state index contributed by atoms with van der Waals surface area (Å²) in [7, 11) is 0. The van der Waals surface area contributed by atoms with Crippen molar-refractivity contribution in [3.05, 3.63) is 34.9 Å². The van der Waals surface area contributed by atoms with E-state index in [-0.39, 0.29) is 0 Å². The Balaban J connectivity index is 2.29. The zero-order chi connectivity index (χ0) is 13.4. The van der Waals surface area contributed by atoms with Crippen molar-refractivity contribution in [2.45, 2.75) is 53.4 Å². The van der Waals surface area contributed by atoms with E-state index in [2.05, 4.69) is 51.2 Å². The Morgan fingerprint density at radius 2 is 1.89 bits per heavy atom. The average molecular weight is 247 g/mol. The second-order valence-corrected chi connectivity index (χ2v) is 5.61. The molecule has 1 unspecified atom stereocenters. The van der Waals surface area contributed by atoms with E-state index in [9.17, 15) is 0 Å². The van der Waals surface area contributed by atoms with Gasteiger partial charge in [-0.25, -0.2) is 0 Å². The van der Waals surface area contributed by atoms with E-state index in [0.717, 1.165) is 12.5 Å². The van der Waals surface area contributed by atoms with Crippen molar-refractivity contribution < 1.29 is 0 Å².